The Bertz CT molecular complexity index is 626. The molecule has 3 rings (SSSR count). The number of amides is 2. The highest BCUT2D eigenvalue weighted by molar-refractivity contribution is 5.94. The molecule has 2 aliphatic rings. The Morgan fingerprint density at radius 2 is 1.88 bits per heavy atom. The first-order chi connectivity index (χ1) is 11.4. The number of ether oxygens (including phenoxy) is 1. The maximum atomic E-state index is 13.0. The molecule has 2 amide bonds. The van der Waals surface area contributed by atoms with Gasteiger partial charge in [0.25, 0.3) is 5.91 Å². The van der Waals surface area contributed by atoms with Gasteiger partial charge in [-0.3, -0.25) is 9.59 Å². The van der Waals surface area contributed by atoms with E-state index in [9.17, 15) is 14.0 Å². The zero-order valence-electron chi connectivity index (χ0n) is 14.1. The number of rotatable bonds is 3. The number of nitrogens with zero attached hydrogens (tertiary/aromatic N) is 2. The van der Waals surface area contributed by atoms with Crippen molar-refractivity contribution in [1.29, 1.82) is 0 Å². The molecule has 0 radical (unpaired) electrons. The fourth-order valence-electron chi connectivity index (χ4n) is 3.44. The van der Waals surface area contributed by atoms with E-state index in [1.54, 1.807) is 16.9 Å². The number of piperidine rings is 1. The van der Waals surface area contributed by atoms with Crippen LogP contribution in [-0.4, -0.2) is 60.5 Å². The molecule has 2 saturated heterocycles. The molecular formula is C18H23FN2O3. The second-order valence-corrected chi connectivity index (χ2v) is 6.95. The zero-order valence-corrected chi connectivity index (χ0v) is 14.1. The highest BCUT2D eigenvalue weighted by atomic mass is 19.1. The number of likely N-dealkylation sites (tertiary alicyclic amines) is 2. The highest BCUT2D eigenvalue weighted by Gasteiger charge is 2.44. The molecule has 0 N–H and O–H groups in total. The van der Waals surface area contributed by atoms with Gasteiger partial charge in [0.15, 0.2) is 0 Å². The number of methoxy groups -OCH3 is 1. The molecule has 2 heterocycles. The Morgan fingerprint density at radius 3 is 2.50 bits per heavy atom. The van der Waals surface area contributed by atoms with E-state index in [0.29, 0.717) is 31.7 Å². The minimum Gasteiger partial charge on any atom is -0.375 e. The molecule has 1 aromatic rings. The number of hydrogen-bond donors (Lipinski definition) is 0. The summed E-state index contributed by atoms with van der Waals surface area (Å²) in [7, 11) is 1.66. The molecule has 0 spiro atoms. The van der Waals surface area contributed by atoms with Crippen LogP contribution in [0.5, 0.6) is 0 Å². The second kappa shape index (κ2) is 6.51. The summed E-state index contributed by atoms with van der Waals surface area (Å²) in [5.41, 5.74) is 0.217. The van der Waals surface area contributed by atoms with Crippen molar-refractivity contribution >= 4 is 11.8 Å². The van der Waals surface area contributed by atoms with Crippen LogP contribution in [0.15, 0.2) is 24.3 Å². The van der Waals surface area contributed by atoms with Gasteiger partial charge >= 0.3 is 0 Å². The van der Waals surface area contributed by atoms with Gasteiger partial charge < -0.3 is 14.5 Å². The molecule has 2 fully saturated rings. The first-order valence-electron chi connectivity index (χ1n) is 8.31. The van der Waals surface area contributed by atoms with E-state index >= 15 is 0 Å². The smallest absolute Gasteiger partial charge is 0.253 e. The third-order valence-corrected chi connectivity index (χ3v) is 5.00. The SMILES string of the molecule is COC1(C)CN(C(=O)C2CCCN(C(=O)c3ccc(F)cc3)C2)C1. The molecule has 0 aromatic heterocycles. The van der Waals surface area contributed by atoms with Crippen LogP contribution in [0.1, 0.15) is 30.1 Å². The van der Waals surface area contributed by atoms with Gasteiger partial charge in [0, 0.05) is 25.8 Å². The third-order valence-electron chi connectivity index (χ3n) is 5.00. The van der Waals surface area contributed by atoms with E-state index in [1.165, 1.54) is 24.3 Å². The minimum absolute atomic E-state index is 0.0983. The van der Waals surface area contributed by atoms with Crippen molar-refractivity contribution < 1.29 is 18.7 Å². The number of hydrogen-bond acceptors (Lipinski definition) is 3. The number of carbonyl (C=O) groups excluding carboxylic acids is 2. The van der Waals surface area contributed by atoms with Gasteiger partial charge in [0.05, 0.1) is 24.6 Å². The lowest BCUT2D eigenvalue weighted by molar-refractivity contribution is -0.163. The van der Waals surface area contributed by atoms with Crippen molar-refractivity contribution in [2.75, 3.05) is 33.3 Å². The van der Waals surface area contributed by atoms with Crippen LogP contribution in [-0.2, 0) is 9.53 Å². The summed E-state index contributed by atoms with van der Waals surface area (Å²) in [6, 6.07) is 5.54. The van der Waals surface area contributed by atoms with Crippen LogP contribution in [0.3, 0.4) is 0 Å². The van der Waals surface area contributed by atoms with Crippen molar-refractivity contribution in [2.24, 2.45) is 5.92 Å². The van der Waals surface area contributed by atoms with Crippen LogP contribution in [0, 0.1) is 11.7 Å². The summed E-state index contributed by atoms with van der Waals surface area (Å²) in [6.07, 6.45) is 1.60. The largest absolute Gasteiger partial charge is 0.375 e. The van der Waals surface area contributed by atoms with Crippen molar-refractivity contribution in [1.82, 2.24) is 9.80 Å². The Morgan fingerprint density at radius 1 is 1.21 bits per heavy atom. The molecule has 1 atom stereocenters. The Kier molecular flexibility index (Phi) is 4.58. The minimum atomic E-state index is -0.364. The van der Waals surface area contributed by atoms with Crippen molar-refractivity contribution in [3.8, 4) is 0 Å². The van der Waals surface area contributed by atoms with Gasteiger partial charge in [-0.25, -0.2) is 4.39 Å². The van der Waals surface area contributed by atoms with Crippen LogP contribution < -0.4 is 0 Å². The molecule has 0 saturated carbocycles. The summed E-state index contributed by atoms with van der Waals surface area (Å²) in [6.45, 7) is 4.25. The summed E-state index contributed by atoms with van der Waals surface area (Å²) in [5.74, 6) is -0.569. The topological polar surface area (TPSA) is 49.9 Å². The Balaban J connectivity index is 1.61. The fourth-order valence-corrected chi connectivity index (χ4v) is 3.44. The quantitative estimate of drug-likeness (QED) is 0.849. The molecule has 0 aliphatic carbocycles. The first kappa shape index (κ1) is 16.9. The summed E-state index contributed by atoms with van der Waals surface area (Å²) in [4.78, 5) is 28.7. The standard InChI is InChI=1S/C18H23FN2O3/c1-18(24-2)11-21(12-18)17(23)14-4-3-9-20(10-14)16(22)13-5-7-15(19)8-6-13/h5-8,14H,3-4,9-12H2,1-2H3. The molecule has 1 aromatic carbocycles. The van der Waals surface area contributed by atoms with Crippen LogP contribution >= 0.6 is 0 Å². The molecule has 130 valence electrons. The molecule has 6 heteroatoms. The predicted molar refractivity (Wildman–Crippen MR) is 87.0 cm³/mol. The van der Waals surface area contributed by atoms with Crippen molar-refractivity contribution in [2.45, 2.75) is 25.4 Å². The maximum Gasteiger partial charge on any atom is 0.253 e. The van der Waals surface area contributed by atoms with E-state index < -0.39 is 0 Å². The average molecular weight is 334 g/mol. The van der Waals surface area contributed by atoms with Gasteiger partial charge in [0.1, 0.15) is 5.82 Å². The van der Waals surface area contributed by atoms with Crippen molar-refractivity contribution in [3.63, 3.8) is 0 Å². The van der Waals surface area contributed by atoms with Crippen molar-refractivity contribution in [3.05, 3.63) is 35.6 Å². The van der Waals surface area contributed by atoms with Crippen LogP contribution in [0.25, 0.3) is 0 Å². The van der Waals surface area contributed by atoms with E-state index in [-0.39, 0.29) is 29.2 Å². The Labute approximate surface area is 141 Å². The number of halogens is 1. The number of benzene rings is 1. The zero-order chi connectivity index (χ0) is 17.3. The lowest BCUT2D eigenvalue weighted by Crippen LogP contribution is -2.64. The van der Waals surface area contributed by atoms with E-state index in [2.05, 4.69) is 0 Å². The monoisotopic (exact) mass is 334 g/mol. The molecule has 5 nitrogen and oxygen atoms in total. The van der Waals surface area contributed by atoms with Gasteiger partial charge in [-0.15, -0.1) is 0 Å². The molecule has 24 heavy (non-hydrogen) atoms. The maximum absolute atomic E-state index is 13.0. The fraction of sp³-hybridized carbons (Fsp3) is 0.556. The van der Waals surface area contributed by atoms with Gasteiger partial charge in [-0.05, 0) is 44.0 Å². The van der Waals surface area contributed by atoms with Gasteiger partial charge in [-0.1, -0.05) is 0 Å². The van der Waals surface area contributed by atoms with E-state index in [4.69, 9.17) is 4.74 Å². The molecule has 0 bridgehead atoms. The Hall–Kier alpha value is -1.95. The highest BCUT2D eigenvalue weighted by Crippen LogP contribution is 2.28. The first-order valence-corrected chi connectivity index (χ1v) is 8.31. The predicted octanol–water partition coefficient (Wildman–Crippen LogP) is 1.93. The van der Waals surface area contributed by atoms with Gasteiger partial charge in [0.2, 0.25) is 5.91 Å². The van der Waals surface area contributed by atoms with Gasteiger partial charge in [-0.2, -0.15) is 0 Å². The normalized spacial score (nSPS) is 22.9. The van der Waals surface area contributed by atoms with E-state index in [1.807, 2.05) is 6.92 Å². The third kappa shape index (κ3) is 3.29. The lowest BCUT2D eigenvalue weighted by Gasteiger charge is -2.48. The van der Waals surface area contributed by atoms with Crippen LogP contribution in [0.2, 0.25) is 0 Å². The molecule has 2 aliphatic heterocycles. The summed E-state index contributed by atoms with van der Waals surface area (Å²) in [5, 5.41) is 0. The lowest BCUT2D eigenvalue weighted by atomic mass is 9.90. The molecular weight excluding hydrogens is 311 g/mol. The summed E-state index contributed by atoms with van der Waals surface area (Å²) >= 11 is 0. The average Bonchev–Trinajstić information content (AvgIpc) is 2.58. The number of carbonyl (C=O) groups is 2. The molecule has 1 unspecified atom stereocenters. The summed E-state index contributed by atoms with van der Waals surface area (Å²) < 4.78 is 18.4. The van der Waals surface area contributed by atoms with Crippen LogP contribution in [0.4, 0.5) is 4.39 Å². The van der Waals surface area contributed by atoms with E-state index in [0.717, 1.165) is 12.8 Å². The second-order valence-electron chi connectivity index (χ2n) is 6.95.